The number of rotatable bonds is 3. The second-order valence-electron chi connectivity index (χ2n) is 4.16. The van der Waals surface area contributed by atoms with Crippen molar-refractivity contribution in [1.82, 2.24) is 5.32 Å². The predicted octanol–water partition coefficient (Wildman–Crippen LogP) is 3.30. The van der Waals surface area contributed by atoms with Gasteiger partial charge in [0.05, 0.1) is 11.4 Å². The van der Waals surface area contributed by atoms with Gasteiger partial charge < -0.3 is 10.4 Å². The van der Waals surface area contributed by atoms with Gasteiger partial charge in [-0.25, -0.2) is 0 Å². The van der Waals surface area contributed by atoms with Crippen LogP contribution < -0.4 is 5.32 Å². The standard InChI is InChI=1S/C15H11NO2S3/c17-5-1-2-10-3-6-20-14(10)9-16-15(18)13-8-12-11(21-13)4-7-19-12/h3-4,6-8,17H,5,9H2,(H,16,18). The summed E-state index contributed by atoms with van der Waals surface area (Å²) in [5.41, 5.74) is 0.863. The molecule has 106 valence electrons. The lowest BCUT2D eigenvalue weighted by Gasteiger charge is -2.02. The molecule has 0 aliphatic heterocycles. The van der Waals surface area contributed by atoms with E-state index >= 15 is 0 Å². The van der Waals surface area contributed by atoms with Crippen molar-refractivity contribution >= 4 is 49.3 Å². The van der Waals surface area contributed by atoms with Crippen LogP contribution in [0.4, 0.5) is 0 Å². The fourth-order valence-corrected chi connectivity index (χ4v) is 4.64. The van der Waals surface area contributed by atoms with E-state index in [1.54, 1.807) is 22.7 Å². The highest BCUT2D eigenvalue weighted by Gasteiger charge is 2.11. The Bertz CT molecular complexity index is 803. The molecule has 3 nitrogen and oxygen atoms in total. The summed E-state index contributed by atoms with van der Waals surface area (Å²) in [6.45, 7) is 0.297. The first-order chi connectivity index (χ1) is 10.3. The van der Waals surface area contributed by atoms with Crippen LogP contribution in [-0.2, 0) is 6.54 Å². The maximum absolute atomic E-state index is 12.2. The van der Waals surface area contributed by atoms with Crippen molar-refractivity contribution in [3.8, 4) is 11.8 Å². The zero-order valence-corrected chi connectivity index (χ0v) is 13.3. The van der Waals surface area contributed by atoms with Crippen LogP contribution in [0.15, 0.2) is 29.0 Å². The smallest absolute Gasteiger partial charge is 0.261 e. The molecule has 3 rings (SSSR count). The van der Waals surface area contributed by atoms with E-state index in [0.29, 0.717) is 6.54 Å². The van der Waals surface area contributed by atoms with Gasteiger partial charge in [0.2, 0.25) is 0 Å². The minimum absolute atomic E-state index is 0.0575. The zero-order chi connectivity index (χ0) is 14.7. The molecular formula is C15H11NO2S3. The summed E-state index contributed by atoms with van der Waals surface area (Å²) < 4.78 is 2.30. The maximum Gasteiger partial charge on any atom is 0.261 e. The Morgan fingerprint density at radius 2 is 2.10 bits per heavy atom. The molecule has 1 amide bonds. The van der Waals surface area contributed by atoms with Crippen molar-refractivity contribution in [2.75, 3.05) is 6.61 Å². The van der Waals surface area contributed by atoms with Crippen LogP contribution in [0.1, 0.15) is 20.1 Å². The number of carbonyl (C=O) groups is 1. The molecule has 0 atom stereocenters. The molecule has 0 fully saturated rings. The summed E-state index contributed by atoms with van der Waals surface area (Å²) in [6.07, 6.45) is 0. The lowest BCUT2D eigenvalue weighted by molar-refractivity contribution is 0.0955. The third-order valence-electron chi connectivity index (χ3n) is 2.82. The highest BCUT2D eigenvalue weighted by atomic mass is 32.1. The third-order valence-corrected chi connectivity index (χ3v) is 5.83. The van der Waals surface area contributed by atoms with Gasteiger partial charge in [-0.1, -0.05) is 11.8 Å². The molecule has 0 aromatic carbocycles. The summed E-state index contributed by atoms with van der Waals surface area (Å²) in [7, 11) is 0. The van der Waals surface area contributed by atoms with Crippen LogP contribution in [0.3, 0.4) is 0 Å². The fourth-order valence-electron chi connectivity index (χ4n) is 1.85. The quantitative estimate of drug-likeness (QED) is 0.723. The number of amides is 1. The molecule has 21 heavy (non-hydrogen) atoms. The summed E-state index contributed by atoms with van der Waals surface area (Å²) in [5.74, 6) is 5.46. The summed E-state index contributed by atoms with van der Waals surface area (Å²) in [5, 5.41) is 15.6. The predicted molar refractivity (Wildman–Crippen MR) is 89.2 cm³/mol. The summed E-state index contributed by atoms with van der Waals surface area (Å²) >= 11 is 4.70. The average molecular weight is 333 g/mol. The highest BCUT2D eigenvalue weighted by Crippen LogP contribution is 2.29. The van der Waals surface area contributed by atoms with Gasteiger partial charge in [0.15, 0.2) is 0 Å². The van der Waals surface area contributed by atoms with E-state index in [-0.39, 0.29) is 12.5 Å². The van der Waals surface area contributed by atoms with Crippen molar-refractivity contribution in [1.29, 1.82) is 0 Å². The second kappa shape index (κ2) is 6.41. The first-order valence-electron chi connectivity index (χ1n) is 6.19. The van der Waals surface area contributed by atoms with Gasteiger partial charge in [-0.15, -0.1) is 34.0 Å². The summed E-state index contributed by atoms with van der Waals surface area (Å²) in [4.78, 5) is 13.9. The maximum atomic E-state index is 12.2. The van der Waals surface area contributed by atoms with Crippen molar-refractivity contribution in [2.45, 2.75) is 6.54 Å². The van der Waals surface area contributed by atoms with Gasteiger partial charge in [0, 0.05) is 19.8 Å². The third kappa shape index (κ3) is 3.17. The van der Waals surface area contributed by atoms with E-state index in [9.17, 15) is 4.79 Å². The van der Waals surface area contributed by atoms with E-state index in [0.717, 1.165) is 24.7 Å². The Labute approximate surface area is 133 Å². The van der Waals surface area contributed by atoms with Crippen LogP contribution in [0.2, 0.25) is 0 Å². The Balaban J connectivity index is 1.68. The van der Waals surface area contributed by atoms with Gasteiger partial charge in [-0.2, -0.15) is 0 Å². The van der Waals surface area contributed by atoms with Crippen LogP contribution in [0, 0.1) is 11.8 Å². The van der Waals surface area contributed by atoms with Gasteiger partial charge in [-0.3, -0.25) is 4.79 Å². The largest absolute Gasteiger partial charge is 0.384 e. The molecule has 0 radical (unpaired) electrons. The van der Waals surface area contributed by atoms with Gasteiger partial charge >= 0.3 is 0 Å². The van der Waals surface area contributed by atoms with Crippen molar-refractivity contribution in [3.63, 3.8) is 0 Å². The van der Waals surface area contributed by atoms with Crippen molar-refractivity contribution in [2.24, 2.45) is 0 Å². The number of aliphatic hydroxyl groups is 1. The number of carbonyl (C=O) groups excluding carboxylic acids is 1. The Kier molecular flexibility index (Phi) is 4.36. The molecule has 0 spiro atoms. The Morgan fingerprint density at radius 3 is 2.90 bits per heavy atom. The molecule has 0 unspecified atom stereocenters. The van der Waals surface area contributed by atoms with Crippen molar-refractivity contribution < 1.29 is 9.90 Å². The van der Waals surface area contributed by atoms with Crippen LogP contribution in [0.25, 0.3) is 9.40 Å². The minimum atomic E-state index is -0.159. The first kappa shape index (κ1) is 14.3. The summed E-state index contributed by atoms with van der Waals surface area (Å²) in [6, 6.07) is 5.86. The monoisotopic (exact) mass is 333 g/mol. The molecule has 2 N–H and O–H groups in total. The van der Waals surface area contributed by atoms with E-state index in [1.165, 1.54) is 11.3 Å². The molecule has 0 saturated carbocycles. The topological polar surface area (TPSA) is 49.3 Å². The highest BCUT2D eigenvalue weighted by molar-refractivity contribution is 7.27. The van der Waals surface area contributed by atoms with Gasteiger partial charge in [0.1, 0.15) is 6.61 Å². The van der Waals surface area contributed by atoms with E-state index in [4.69, 9.17) is 5.11 Å². The average Bonchev–Trinajstić information content (AvgIpc) is 3.17. The van der Waals surface area contributed by atoms with Crippen molar-refractivity contribution in [3.05, 3.63) is 44.3 Å². The van der Waals surface area contributed by atoms with E-state index in [1.807, 2.05) is 29.0 Å². The zero-order valence-electron chi connectivity index (χ0n) is 10.9. The Morgan fingerprint density at radius 1 is 1.24 bits per heavy atom. The fraction of sp³-hybridized carbons (Fsp3) is 0.133. The molecule has 0 bridgehead atoms. The lowest BCUT2D eigenvalue weighted by atomic mass is 10.2. The number of hydrogen-bond donors (Lipinski definition) is 2. The Hall–Kier alpha value is -1.65. The van der Waals surface area contributed by atoms with E-state index < -0.39 is 0 Å². The molecule has 6 heteroatoms. The first-order valence-corrected chi connectivity index (χ1v) is 8.77. The molecule has 3 aromatic heterocycles. The lowest BCUT2D eigenvalue weighted by Crippen LogP contribution is -2.21. The number of hydrogen-bond acceptors (Lipinski definition) is 5. The second-order valence-corrected chi connectivity index (χ2v) is 7.19. The number of nitrogens with one attached hydrogen (secondary N) is 1. The minimum Gasteiger partial charge on any atom is -0.384 e. The molecule has 0 saturated heterocycles. The number of fused-ring (bicyclic) bond motifs is 1. The number of aliphatic hydroxyl groups excluding tert-OH is 1. The van der Waals surface area contributed by atoms with Gasteiger partial charge in [-0.05, 0) is 29.0 Å². The van der Waals surface area contributed by atoms with Crippen LogP contribution in [-0.4, -0.2) is 17.6 Å². The van der Waals surface area contributed by atoms with Gasteiger partial charge in [0.25, 0.3) is 5.91 Å². The molecular weight excluding hydrogens is 322 g/mol. The molecule has 3 aromatic rings. The van der Waals surface area contributed by atoms with E-state index in [2.05, 4.69) is 17.2 Å². The van der Waals surface area contributed by atoms with Crippen LogP contribution >= 0.6 is 34.0 Å². The SMILES string of the molecule is O=C(NCc1sccc1C#CCO)c1cc2sccc2s1. The molecule has 0 aliphatic rings. The normalized spacial score (nSPS) is 10.3. The molecule has 0 aliphatic carbocycles. The van der Waals surface area contributed by atoms with Crippen LogP contribution in [0.5, 0.6) is 0 Å². The number of thiophene rings is 3. The molecule has 3 heterocycles.